The molecule has 0 aliphatic heterocycles. The van der Waals surface area contributed by atoms with Gasteiger partial charge in [0, 0.05) is 10.0 Å². The molecule has 1 nitrogen and oxygen atoms in total. The highest BCUT2D eigenvalue weighted by Gasteiger charge is 2.16. The lowest BCUT2D eigenvalue weighted by atomic mass is 9.92. The Labute approximate surface area is 82.1 Å². The molecule has 0 atom stereocenters. The van der Waals surface area contributed by atoms with Crippen molar-refractivity contribution in [3.8, 4) is 0 Å². The van der Waals surface area contributed by atoms with Gasteiger partial charge in [0.25, 0.3) is 0 Å². The zero-order valence-corrected chi connectivity index (χ0v) is 9.27. The summed E-state index contributed by atoms with van der Waals surface area (Å²) in [6, 6.07) is 6.19. The number of benzene rings is 1. The Kier molecular flexibility index (Phi) is 2.59. The number of hydrogen-bond donors (Lipinski definition) is 1. The summed E-state index contributed by atoms with van der Waals surface area (Å²) in [7, 11) is 0. The van der Waals surface area contributed by atoms with Crippen LogP contribution in [0.5, 0.6) is 0 Å². The van der Waals surface area contributed by atoms with Crippen molar-refractivity contribution in [3.63, 3.8) is 0 Å². The summed E-state index contributed by atoms with van der Waals surface area (Å²) in [6.45, 7) is 6.11. The molecule has 0 heterocycles. The number of hydrogen-bond acceptors (Lipinski definition) is 1. The van der Waals surface area contributed by atoms with E-state index in [0.29, 0.717) is 0 Å². The molecule has 0 bridgehead atoms. The van der Waals surface area contributed by atoms with Crippen LogP contribution in [0.1, 0.15) is 25.0 Å². The van der Waals surface area contributed by atoms with E-state index in [4.69, 9.17) is 5.73 Å². The Morgan fingerprint density at radius 1 is 1.33 bits per heavy atom. The van der Waals surface area contributed by atoms with Gasteiger partial charge in [-0.3, -0.25) is 0 Å². The average molecular weight is 228 g/mol. The second-order valence-corrected chi connectivity index (χ2v) is 4.60. The van der Waals surface area contributed by atoms with E-state index in [-0.39, 0.29) is 5.54 Å². The van der Waals surface area contributed by atoms with Crippen LogP contribution in [0.3, 0.4) is 0 Å². The minimum atomic E-state index is -0.256. The van der Waals surface area contributed by atoms with Crippen molar-refractivity contribution in [2.45, 2.75) is 26.3 Å². The van der Waals surface area contributed by atoms with E-state index in [1.807, 2.05) is 19.9 Å². The smallest absolute Gasteiger partial charge is 0.0355 e. The SMILES string of the molecule is Cc1ccc(Br)cc1C(C)(C)N. The summed E-state index contributed by atoms with van der Waals surface area (Å²) in [6.07, 6.45) is 0. The third-order valence-electron chi connectivity index (χ3n) is 1.89. The van der Waals surface area contributed by atoms with Crippen LogP contribution in [0.4, 0.5) is 0 Å². The molecule has 0 fully saturated rings. The molecule has 1 rings (SSSR count). The van der Waals surface area contributed by atoms with Crippen molar-refractivity contribution in [2.24, 2.45) is 5.73 Å². The van der Waals surface area contributed by atoms with Gasteiger partial charge in [-0.1, -0.05) is 22.0 Å². The van der Waals surface area contributed by atoms with Crippen molar-refractivity contribution in [1.82, 2.24) is 0 Å². The minimum absolute atomic E-state index is 0.256. The fraction of sp³-hybridized carbons (Fsp3) is 0.400. The molecule has 0 aliphatic carbocycles. The molecule has 2 N–H and O–H groups in total. The average Bonchev–Trinajstić information content (AvgIpc) is 1.92. The molecule has 2 heteroatoms. The summed E-state index contributed by atoms with van der Waals surface area (Å²) in [5, 5.41) is 0. The van der Waals surface area contributed by atoms with Gasteiger partial charge in [-0.25, -0.2) is 0 Å². The normalized spacial score (nSPS) is 11.8. The second-order valence-electron chi connectivity index (χ2n) is 3.68. The predicted molar refractivity (Wildman–Crippen MR) is 56.1 cm³/mol. The quantitative estimate of drug-likeness (QED) is 0.785. The standard InChI is InChI=1S/C10H14BrN/c1-7-4-5-8(11)6-9(7)10(2,3)12/h4-6H,12H2,1-3H3. The van der Waals surface area contributed by atoms with Crippen molar-refractivity contribution in [3.05, 3.63) is 33.8 Å². The van der Waals surface area contributed by atoms with Gasteiger partial charge < -0.3 is 5.73 Å². The topological polar surface area (TPSA) is 26.0 Å². The van der Waals surface area contributed by atoms with Gasteiger partial charge in [0.15, 0.2) is 0 Å². The first kappa shape index (κ1) is 9.75. The van der Waals surface area contributed by atoms with Crippen LogP contribution in [0, 0.1) is 6.92 Å². The van der Waals surface area contributed by atoms with Crippen LogP contribution < -0.4 is 5.73 Å². The van der Waals surface area contributed by atoms with Crippen LogP contribution in [-0.4, -0.2) is 0 Å². The van der Waals surface area contributed by atoms with E-state index in [1.54, 1.807) is 0 Å². The molecule has 0 saturated carbocycles. The lowest BCUT2D eigenvalue weighted by Gasteiger charge is -2.21. The third-order valence-corrected chi connectivity index (χ3v) is 2.39. The Balaban J connectivity index is 3.23. The van der Waals surface area contributed by atoms with Gasteiger partial charge in [0.2, 0.25) is 0 Å². The molecule has 66 valence electrons. The van der Waals surface area contributed by atoms with Crippen LogP contribution >= 0.6 is 15.9 Å². The first-order valence-electron chi connectivity index (χ1n) is 3.97. The molecule has 0 amide bonds. The number of nitrogens with two attached hydrogens (primary N) is 1. The summed E-state index contributed by atoms with van der Waals surface area (Å²) >= 11 is 3.43. The Morgan fingerprint density at radius 2 is 1.92 bits per heavy atom. The Morgan fingerprint density at radius 3 is 2.33 bits per heavy atom. The largest absolute Gasteiger partial charge is 0.322 e. The van der Waals surface area contributed by atoms with E-state index in [0.717, 1.165) is 4.47 Å². The number of rotatable bonds is 1. The first-order chi connectivity index (χ1) is 5.41. The van der Waals surface area contributed by atoms with Crippen LogP contribution in [0.15, 0.2) is 22.7 Å². The molecular weight excluding hydrogens is 214 g/mol. The van der Waals surface area contributed by atoms with Crippen molar-refractivity contribution >= 4 is 15.9 Å². The molecule has 0 unspecified atom stereocenters. The fourth-order valence-corrected chi connectivity index (χ4v) is 1.65. The predicted octanol–water partition coefficient (Wildman–Crippen LogP) is 2.95. The highest BCUT2D eigenvalue weighted by Crippen LogP contribution is 2.24. The lowest BCUT2D eigenvalue weighted by Crippen LogP contribution is -2.29. The van der Waals surface area contributed by atoms with Gasteiger partial charge in [-0.15, -0.1) is 0 Å². The van der Waals surface area contributed by atoms with Gasteiger partial charge >= 0.3 is 0 Å². The highest BCUT2D eigenvalue weighted by atomic mass is 79.9. The van der Waals surface area contributed by atoms with Gasteiger partial charge in [0.1, 0.15) is 0 Å². The molecular formula is C10H14BrN. The fourth-order valence-electron chi connectivity index (χ4n) is 1.29. The van der Waals surface area contributed by atoms with E-state index in [2.05, 4.69) is 35.0 Å². The zero-order valence-electron chi connectivity index (χ0n) is 7.69. The number of aryl methyl sites for hydroxylation is 1. The van der Waals surface area contributed by atoms with E-state index in [9.17, 15) is 0 Å². The zero-order chi connectivity index (χ0) is 9.35. The third kappa shape index (κ3) is 2.08. The summed E-state index contributed by atoms with van der Waals surface area (Å²) in [5.41, 5.74) is 8.18. The monoisotopic (exact) mass is 227 g/mol. The lowest BCUT2D eigenvalue weighted by molar-refractivity contribution is 0.550. The summed E-state index contributed by atoms with van der Waals surface area (Å²) in [5.74, 6) is 0. The molecule has 1 aromatic carbocycles. The molecule has 0 aliphatic rings. The van der Waals surface area contributed by atoms with Crippen LogP contribution in [0.25, 0.3) is 0 Å². The van der Waals surface area contributed by atoms with Crippen molar-refractivity contribution < 1.29 is 0 Å². The summed E-state index contributed by atoms with van der Waals surface area (Å²) < 4.78 is 1.08. The second kappa shape index (κ2) is 3.19. The Hall–Kier alpha value is -0.340. The van der Waals surface area contributed by atoms with Crippen molar-refractivity contribution in [1.29, 1.82) is 0 Å². The van der Waals surface area contributed by atoms with Gasteiger partial charge in [-0.2, -0.15) is 0 Å². The van der Waals surface area contributed by atoms with E-state index in [1.165, 1.54) is 11.1 Å². The molecule has 0 spiro atoms. The minimum Gasteiger partial charge on any atom is -0.322 e. The first-order valence-corrected chi connectivity index (χ1v) is 4.76. The maximum absolute atomic E-state index is 6.01. The van der Waals surface area contributed by atoms with Crippen LogP contribution in [0.2, 0.25) is 0 Å². The van der Waals surface area contributed by atoms with Crippen LogP contribution in [-0.2, 0) is 5.54 Å². The Bertz CT molecular complexity index is 286. The van der Waals surface area contributed by atoms with Gasteiger partial charge in [0.05, 0.1) is 0 Å². The molecule has 0 saturated heterocycles. The molecule has 0 aromatic heterocycles. The highest BCUT2D eigenvalue weighted by molar-refractivity contribution is 9.10. The van der Waals surface area contributed by atoms with Gasteiger partial charge in [-0.05, 0) is 44.0 Å². The molecule has 1 aromatic rings. The number of halogens is 1. The van der Waals surface area contributed by atoms with Crippen molar-refractivity contribution in [2.75, 3.05) is 0 Å². The summed E-state index contributed by atoms with van der Waals surface area (Å²) in [4.78, 5) is 0. The van der Waals surface area contributed by atoms with E-state index < -0.39 is 0 Å². The molecule has 0 radical (unpaired) electrons. The maximum atomic E-state index is 6.01. The molecule has 12 heavy (non-hydrogen) atoms. The van der Waals surface area contributed by atoms with E-state index >= 15 is 0 Å². The maximum Gasteiger partial charge on any atom is 0.0355 e.